The minimum Gasteiger partial charge on any atom is -0.337 e. The highest BCUT2D eigenvalue weighted by Crippen LogP contribution is 2.13. The molecule has 2 heterocycles. The third-order valence-electron chi connectivity index (χ3n) is 2.82. The first-order valence-corrected chi connectivity index (χ1v) is 5.39. The van der Waals surface area contributed by atoms with Crippen LogP contribution in [0.2, 0.25) is 0 Å². The second kappa shape index (κ2) is 4.31. The van der Waals surface area contributed by atoms with E-state index in [4.69, 9.17) is 5.26 Å². The largest absolute Gasteiger partial charge is 0.337 e. The summed E-state index contributed by atoms with van der Waals surface area (Å²) in [7, 11) is 0. The minimum atomic E-state index is -0.0231. The van der Waals surface area contributed by atoms with Gasteiger partial charge in [0.25, 0.3) is 5.91 Å². The summed E-state index contributed by atoms with van der Waals surface area (Å²) in [6.07, 6.45) is 2.14. The summed E-state index contributed by atoms with van der Waals surface area (Å²) in [4.78, 5) is 18.0. The molecule has 1 aliphatic heterocycles. The van der Waals surface area contributed by atoms with Crippen molar-refractivity contribution >= 4 is 5.91 Å². The molecule has 1 fully saturated rings. The van der Waals surface area contributed by atoms with Gasteiger partial charge in [0.1, 0.15) is 11.8 Å². The maximum atomic E-state index is 12.0. The number of likely N-dealkylation sites (tertiary alicyclic amines) is 1. The fourth-order valence-corrected chi connectivity index (χ4v) is 1.88. The average molecular weight is 215 g/mol. The first-order chi connectivity index (χ1) is 7.72. The number of aryl methyl sites for hydroxylation is 1. The molecular weight excluding hydrogens is 202 g/mol. The Balaban J connectivity index is 2.24. The van der Waals surface area contributed by atoms with Crippen molar-refractivity contribution in [3.63, 3.8) is 0 Å². The van der Waals surface area contributed by atoms with Crippen LogP contribution in [0.1, 0.15) is 34.6 Å². The van der Waals surface area contributed by atoms with Gasteiger partial charge in [0.15, 0.2) is 0 Å². The Labute approximate surface area is 94.5 Å². The number of hydrogen-bond acceptors (Lipinski definition) is 3. The maximum Gasteiger partial charge on any atom is 0.272 e. The van der Waals surface area contributed by atoms with Crippen LogP contribution < -0.4 is 0 Å². The highest BCUT2D eigenvalue weighted by atomic mass is 16.2. The number of carbonyl (C=O) groups excluding carboxylic acids is 1. The molecule has 0 saturated carbocycles. The molecule has 0 radical (unpaired) electrons. The standard InChI is InChI=1S/C12H13N3O/c1-9-10(8-13)4-5-11(14-9)12(16)15-6-2-3-7-15/h4-5H,2-3,6-7H2,1H3. The molecule has 4 nitrogen and oxygen atoms in total. The molecule has 0 aromatic carbocycles. The third kappa shape index (κ3) is 1.89. The zero-order valence-electron chi connectivity index (χ0n) is 9.23. The van der Waals surface area contributed by atoms with Gasteiger partial charge >= 0.3 is 0 Å². The Morgan fingerprint density at radius 1 is 1.44 bits per heavy atom. The molecule has 1 aromatic heterocycles. The molecule has 82 valence electrons. The van der Waals surface area contributed by atoms with Crippen molar-refractivity contribution in [2.24, 2.45) is 0 Å². The molecule has 0 spiro atoms. The van der Waals surface area contributed by atoms with Gasteiger partial charge in [-0.3, -0.25) is 4.79 Å². The number of aromatic nitrogens is 1. The quantitative estimate of drug-likeness (QED) is 0.713. The summed E-state index contributed by atoms with van der Waals surface area (Å²) in [5.74, 6) is -0.0231. The first kappa shape index (κ1) is 10.6. The van der Waals surface area contributed by atoms with Crippen LogP contribution in [0.15, 0.2) is 12.1 Å². The minimum absolute atomic E-state index is 0.0231. The van der Waals surface area contributed by atoms with E-state index in [1.165, 1.54) is 0 Å². The zero-order valence-corrected chi connectivity index (χ0v) is 9.23. The molecule has 1 aliphatic rings. The number of nitriles is 1. The lowest BCUT2D eigenvalue weighted by Crippen LogP contribution is -2.28. The van der Waals surface area contributed by atoms with Crippen molar-refractivity contribution in [2.75, 3.05) is 13.1 Å². The maximum absolute atomic E-state index is 12.0. The number of carbonyl (C=O) groups is 1. The molecule has 2 rings (SSSR count). The summed E-state index contributed by atoms with van der Waals surface area (Å²) >= 11 is 0. The van der Waals surface area contributed by atoms with E-state index >= 15 is 0 Å². The Morgan fingerprint density at radius 3 is 2.69 bits per heavy atom. The second-order valence-corrected chi connectivity index (χ2v) is 3.94. The van der Waals surface area contributed by atoms with Gasteiger partial charge in [0.2, 0.25) is 0 Å². The van der Waals surface area contributed by atoms with E-state index in [0.717, 1.165) is 25.9 Å². The molecular formula is C12H13N3O. The number of hydrogen-bond donors (Lipinski definition) is 0. The number of nitrogens with zero attached hydrogens (tertiary/aromatic N) is 3. The average Bonchev–Trinajstić information content (AvgIpc) is 2.81. The number of rotatable bonds is 1. The molecule has 0 N–H and O–H groups in total. The summed E-state index contributed by atoms with van der Waals surface area (Å²) in [5, 5.41) is 8.77. The van der Waals surface area contributed by atoms with Crippen LogP contribution in [-0.2, 0) is 0 Å². The van der Waals surface area contributed by atoms with E-state index in [2.05, 4.69) is 4.98 Å². The van der Waals surface area contributed by atoms with Crippen molar-refractivity contribution < 1.29 is 4.79 Å². The van der Waals surface area contributed by atoms with E-state index in [1.807, 2.05) is 11.0 Å². The topological polar surface area (TPSA) is 57.0 Å². The number of amides is 1. The van der Waals surface area contributed by atoms with Gasteiger partial charge in [-0.1, -0.05) is 0 Å². The van der Waals surface area contributed by atoms with Crippen LogP contribution in [0.4, 0.5) is 0 Å². The molecule has 0 atom stereocenters. The Bertz CT molecular complexity index is 456. The predicted molar refractivity (Wildman–Crippen MR) is 58.8 cm³/mol. The van der Waals surface area contributed by atoms with E-state index in [9.17, 15) is 4.79 Å². The Hall–Kier alpha value is -1.89. The first-order valence-electron chi connectivity index (χ1n) is 5.39. The van der Waals surface area contributed by atoms with Crippen LogP contribution in [0, 0.1) is 18.3 Å². The molecule has 4 heteroatoms. The van der Waals surface area contributed by atoms with Crippen molar-refractivity contribution in [1.82, 2.24) is 9.88 Å². The van der Waals surface area contributed by atoms with E-state index in [-0.39, 0.29) is 5.91 Å². The van der Waals surface area contributed by atoms with Crippen LogP contribution in [0.3, 0.4) is 0 Å². The summed E-state index contributed by atoms with van der Waals surface area (Å²) in [5.41, 5.74) is 1.59. The van der Waals surface area contributed by atoms with Crippen LogP contribution in [-0.4, -0.2) is 28.9 Å². The molecule has 1 amide bonds. The van der Waals surface area contributed by atoms with Gasteiger partial charge < -0.3 is 4.90 Å². The normalized spacial score (nSPS) is 14.9. The molecule has 0 aliphatic carbocycles. The molecule has 0 unspecified atom stereocenters. The number of pyridine rings is 1. The smallest absolute Gasteiger partial charge is 0.272 e. The fraction of sp³-hybridized carbons (Fsp3) is 0.417. The van der Waals surface area contributed by atoms with Crippen LogP contribution in [0.25, 0.3) is 0 Å². The van der Waals surface area contributed by atoms with Gasteiger partial charge in [-0.15, -0.1) is 0 Å². The van der Waals surface area contributed by atoms with Crippen LogP contribution >= 0.6 is 0 Å². The van der Waals surface area contributed by atoms with Gasteiger partial charge in [-0.2, -0.15) is 5.26 Å². The summed E-state index contributed by atoms with van der Waals surface area (Å²) < 4.78 is 0. The van der Waals surface area contributed by atoms with Crippen molar-refractivity contribution in [3.8, 4) is 6.07 Å². The zero-order chi connectivity index (χ0) is 11.5. The van der Waals surface area contributed by atoms with Gasteiger partial charge in [0, 0.05) is 13.1 Å². The highest BCUT2D eigenvalue weighted by molar-refractivity contribution is 5.92. The summed E-state index contributed by atoms with van der Waals surface area (Å²) in [6.45, 7) is 3.39. The fourth-order valence-electron chi connectivity index (χ4n) is 1.88. The van der Waals surface area contributed by atoms with E-state index < -0.39 is 0 Å². The molecule has 0 bridgehead atoms. The van der Waals surface area contributed by atoms with Gasteiger partial charge in [-0.05, 0) is 31.9 Å². The van der Waals surface area contributed by atoms with Crippen molar-refractivity contribution in [2.45, 2.75) is 19.8 Å². The third-order valence-corrected chi connectivity index (χ3v) is 2.82. The molecule has 16 heavy (non-hydrogen) atoms. The van der Waals surface area contributed by atoms with E-state index in [0.29, 0.717) is 17.0 Å². The Morgan fingerprint density at radius 2 is 2.12 bits per heavy atom. The SMILES string of the molecule is Cc1nc(C(=O)N2CCCC2)ccc1C#N. The summed E-state index contributed by atoms with van der Waals surface area (Å²) in [6, 6.07) is 5.33. The van der Waals surface area contributed by atoms with Crippen molar-refractivity contribution in [1.29, 1.82) is 5.26 Å². The lowest BCUT2D eigenvalue weighted by atomic mass is 10.2. The lowest BCUT2D eigenvalue weighted by Gasteiger charge is -2.14. The second-order valence-electron chi connectivity index (χ2n) is 3.94. The lowest BCUT2D eigenvalue weighted by molar-refractivity contribution is 0.0787. The van der Waals surface area contributed by atoms with Crippen molar-refractivity contribution in [3.05, 3.63) is 29.1 Å². The molecule has 1 aromatic rings. The highest BCUT2D eigenvalue weighted by Gasteiger charge is 2.20. The van der Waals surface area contributed by atoms with Crippen LogP contribution in [0.5, 0.6) is 0 Å². The van der Waals surface area contributed by atoms with E-state index in [1.54, 1.807) is 19.1 Å². The van der Waals surface area contributed by atoms with Gasteiger partial charge in [0.05, 0.1) is 11.3 Å². The Kier molecular flexibility index (Phi) is 2.86. The van der Waals surface area contributed by atoms with Gasteiger partial charge in [-0.25, -0.2) is 4.98 Å². The predicted octanol–water partition coefficient (Wildman–Crippen LogP) is 1.50. The monoisotopic (exact) mass is 215 g/mol. The molecule has 1 saturated heterocycles.